The lowest BCUT2D eigenvalue weighted by atomic mass is 10.1. The molecular weight excluding hydrogens is 385 g/mol. The van der Waals surface area contributed by atoms with E-state index < -0.39 is 11.8 Å². The monoisotopic (exact) mass is 411 g/mol. The van der Waals surface area contributed by atoms with Gasteiger partial charge in [0.2, 0.25) is 0 Å². The zero-order valence-corrected chi connectivity index (χ0v) is 17.9. The number of fused-ring (bicyclic) bond motifs is 1. The molecule has 1 unspecified atom stereocenters. The first kappa shape index (κ1) is 21.6. The highest BCUT2D eigenvalue weighted by Gasteiger charge is 2.24. The van der Waals surface area contributed by atoms with Gasteiger partial charge in [0, 0.05) is 22.7 Å². The maximum atomic E-state index is 14.5. The molecule has 0 saturated heterocycles. The minimum Gasteiger partial charge on any atom is -0.494 e. The van der Waals surface area contributed by atoms with Gasteiger partial charge >= 0.3 is 5.97 Å². The number of hydrogen-bond acceptors (Lipinski definition) is 4. The molecule has 3 rings (SSSR count). The number of carbonyl (C=O) groups excluding carboxylic acids is 2. The van der Waals surface area contributed by atoms with Gasteiger partial charge in [0.05, 0.1) is 25.2 Å². The lowest BCUT2D eigenvalue weighted by Gasteiger charge is -2.11. The Kier molecular flexibility index (Phi) is 6.25. The summed E-state index contributed by atoms with van der Waals surface area (Å²) in [5.74, 6) is -1.20. The van der Waals surface area contributed by atoms with Crippen LogP contribution in [0.5, 0.6) is 5.75 Å². The number of aromatic nitrogens is 1. The van der Waals surface area contributed by atoms with Crippen LogP contribution in [0.25, 0.3) is 10.9 Å². The Hall–Kier alpha value is -3.15. The van der Waals surface area contributed by atoms with E-state index in [1.165, 1.54) is 23.8 Å². The van der Waals surface area contributed by atoms with Crippen molar-refractivity contribution < 1.29 is 23.5 Å². The lowest BCUT2D eigenvalue weighted by Crippen LogP contribution is -2.17. The van der Waals surface area contributed by atoms with Crippen LogP contribution >= 0.6 is 0 Å². The van der Waals surface area contributed by atoms with E-state index in [1.54, 1.807) is 19.1 Å². The molecule has 1 aromatic heterocycles. The van der Waals surface area contributed by atoms with E-state index in [2.05, 4.69) is 0 Å². The van der Waals surface area contributed by atoms with Crippen LogP contribution in [0.15, 0.2) is 36.4 Å². The van der Waals surface area contributed by atoms with Crippen LogP contribution in [0.3, 0.4) is 0 Å². The Bertz CT molecular complexity index is 1100. The first-order valence-electron chi connectivity index (χ1n) is 9.95. The molecule has 1 heterocycles. The maximum Gasteiger partial charge on any atom is 0.310 e. The van der Waals surface area contributed by atoms with Crippen LogP contribution in [0.2, 0.25) is 0 Å². The predicted molar refractivity (Wildman–Crippen MR) is 114 cm³/mol. The van der Waals surface area contributed by atoms with Crippen LogP contribution in [-0.2, 0) is 16.0 Å². The van der Waals surface area contributed by atoms with E-state index in [0.717, 1.165) is 5.56 Å². The Morgan fingerprint density at radius 2 is 1.80 bits per heavy atom. The molecular formula is C24H26FNO4. The summed E-state index contributed by atoms with van der Waals surface area (Å²) in [5, 5.41) is 0.590. The number of nitrogens with zero attached hydrogens (tertiary/aromatic N) is 1. The summed E-state index contributed by atoms with van der Waals surface area (Å²) in [4.78, 5) is 25.7. The molecule has 0 aliphatic rings. The van der Waals surface area contributed by atoms with Crippen molar-refractivity contribution >= 4 is 22.8 Å². The second kappa shape index (κ2) is 8.69. The SMILES string of the molecule is CCC(C)OC(=O)Cc1c(C)n(C(=O)c2ccc(C)cc2)c2cc(F)c(OC)cc12. The Balaban J connectivity index is 2.16. The van der Waals surface area contributed by atoms with Gasteiger partial charge in [-0.25, -0.2) is 4.39 Å². The summed E-state index contributed by atoms with van der Waals surface area (Å²) in [7, 11) is 1.38. The molecule has 0 amide bonds. The van der Waals surface area contributed by atoms with E-state index in [4.69, 9.17) is 9.47 Å². The number of methoxy groups -OCH3 is 1. The third-order valence-electron chi connectivity index (χ3n) is 5.34. The molecule has 0 fully saturated rings. The number of carbonyl (C=O) groups is 2. The van der Waals surface area contributed by atoms with E-state index in [9.17, 15) is 14.0 Å². The highest BCUT2D eigenvalue weighted by Crippen LogP contribution is 2.32. The molecule has 2 aromatic carbocycles. The number of rotatable bonds is 6. The van der Waals surface area contributed by atoms with Crippen molar-refractivity contribution in [3.05, 3.63) is 64.6 Å². The summed E-state index contributed by atoms with van der Waals surface area (Å²) in [5.41, 5.74) is 3.10. The van der Waals surface area contributed by atoms with Crippen LogP contribution in [-0.4, -0.2) is 29.7 Å². The average molecular weight is 411 g/mol. The van der Waals surface area contributed by atoms with Crippen molar-refractivity contribution in [1.29, 1.82) is 0 Å². The number of aryl methyl sites for hydroxylation is 1. The van der Waals surface area contributed by atoms with Gasteiger partial charge in [-0.15, -0.1) is 0 Å². The number of esters is 1. The number of ether oxygens (including phenoxy) is 2. The Labute approximate surface area is 175 Å². The predicted octanol–water partition coefficient (Wildman–Crippen LogP) is 4.98. The Morgan fingerprint density at radius 1 is 1.13 bits per heavy atom. The minimum atomic E-state index is -0.575. The van der Waals surface area contributed by atoms with Crippen molar-refractivity contribution in [3.8, 4) is 5.75 Å². The van der Waals surface area contributed by atoms with Crippen LogP contribution < -0.4 is 4.74 Å². The van der Waals surface area contributed by atoms with Gasteiger partial charge in [-0.2, -0.15) is 0 Å². The van der Waals surface area contributed by atoms with E-state index in [1.807, 2.05) is 32.9 Å². The van der Waals surface area contributed by atoms with Crippen LogP contribution in [0, 0.1) is 19.7 Å². The van der Waals surface area contributed by atoms with Crippen LogP contribution in [0.4, 0.5) is 4.39 Å². The second-order valence-electron chi connectivity index (χ2n) is 7.46. The fourth-order valence-corrected chi connectivity index (χ4v) is 3.44. The molecule has 1 atom stereocenters. The third-order valence-corrected chi connectivity index (χ3v) is 5.34. The standard InChI is InChI=1S/C24H26FNO4/c1-6-15(3)30-23(27)12-18-16(4)26(24(28)17-9-7-14(2)8-10-17)21-13-20(25)22(29-5)11-19(18)21/h7-11,13,15H,6,12H2,1-5H3. The molecule has 158 valence electrons. The van der Waals surface area contributed by atoms with E-state index in [-0.39, 0.29) is 24.2 Å². The van der Waals surface area contributed by atoms with Gasteiger partial charge in [0.1, 0.15) is 0 Å². The first-order chi connectivity index (χ1) is 14.3. The quantitative estimate of drug-likeness (QED) is 0.537. The molecule has 5 nitrogen and oxygen atoms in total. The van der Waals surface area contributed by atoms with Gasteiger partial charge < -0.3 is 9.47 Å². The molecule has 30 heavy (non-hydrogen) atoms. The zero-order valence-electron chi connectivity index (χ0n) is 17.9. The van der Waals surface area contributed by atoms with E-state index in [0.29, 0.717) is 34.1 Å². The summed E-state index contributed by atoms with van der Waals surface area (Å²) in [6.07, 6.45) is 0.486. The second-order valence-corrected chi connectivity index (χ2v) is 7.46. The fraction of sp³-hybridized carbons (Fsp3) is 0.333. The summed E-state index contributed by atoms with van der Waals surface area (Å²) < 4.78 is 26.5. The third kappa shape index (κ3) is 4.08. The molecule has 0 bridgehead atoms. The molecule has 0 N–H and O–H groups in total. The largest absolute Gasteiger partial charge is 0.494 e. The lowest BCUT2D eigenvalue weighted by molar-refractivity contribution is -0.147. The van der Waals surface area contributed by atoms with Crippen LogP contribution in [0.1, 0.15) is 47.4 Å². The highest BCUT2D eigenvalue weighted by molar-refractivity contribution is 6.05. The normalized spacial score (nSPS) is 12.1. The average Bonchev–Trinajstić information content (AvgIpc) is 2.97. The molecule has 0 radical (unpaired) electrons. The smallest absolute Gasteiger partial charge is 0.310 e. The summed E-state index contributed by atoms with van der Waals surface area (Å²) in [6, 6.07) is 9.98. The van der Waals surface area contributed by atoms with Crippen molar-refractivity contribution in [1.82, 2.24) is 4.57 Å². The molecule has 0 spiro atoms. The van der Waals surface area contributed by atoms with Gasteiger partial charge in [0.15, 0.2) is 11.6 Å². The van der Waals surface area contributed by atoms with Crippen molar-refractivity contribution in [3.63, 3.8) is 0 Å². The fourth-order valence-electron chi connectivity index (χ4n) is 3.44. The zero-order chi connectivity index (χ0) is 22.0. The molecule has 0 aliphatic carbocycles. The van der Waals surface area contributed by atoms with Gasteiger partial charge in [-0.05, 0) is 51.0 Å². The van der Waals surface area contributed by atoms with Crippen molar-refractivity contribution in [2.75, 3.05) is 7.11 Å². The topological polar surface area (TPSA) is 57.5 Å². The number of benzene rings is 2. The summed E-state index contributed by atoms with van der Waals surface area (Å²) >= 11 is 0. The number of hydrogen-bond donors (Lipinski definition) is 0. The van der Waals surface area contributed by atoms with Gasteiger partial charge in [-0.3, -0.25) is 14.2 Å². The molecule has 6 heteroatoms. The molecule has 0 saturated carbocycles. The Morgan fingerprint density at radius 3 is 2.40 bits per heavy atom. The molecule has 3 aromatic rings. The van der Waals surface area contributed by atoms with E-state index >= 15 is 0 Å². The van der Waals surface area contributed by atoms with Crippen molar-refractivity contribution in [2.45, 2.75) is 46.6 Å². The highest BCUT2D eigenvalue weighted by atomic mass is 19.1. The van der Waals surface area contributed by atoms with Crippen molar-refractivity contribution in [2.24, 2.45) is 0 Å². The summed E-state index contributed by atoms with van der Waals surface area (Å²) in [6.45, 7) is 7.45. The maximum absolute atomic E-state index is 14.5. The van der Waals surface area contributed by atoms with Gasteiger partial charge in [-0.1, -0.05) is 24.6 Å². The minimum absolute atomic E-state index is 0.0182. The van der Waals surface area contributed by atoms with Gasteiger partial charge in [0.25, 0.3) is 5.91 Å². The number of halogens is 1. The first-order valence-corrected chi connectivity index (χ1v) is 9.95. The molecule has 0 aliphatic heterocycles.